The second-order valence-corrected chi connectivity index (χ2v) is 9.04. The summed E-state index contributed by atoms with van der Waals surface area (Å²) in [7, 11) is 0. The Bertz CT molecular complexity index is 1470. The van der Waals surface area contributed by atoms with Crippen LogP contribution in [0, 0.1) is 13.8 Å². The fourth-order valence-corrected chi connectivity index (χ4v) is 4.87. The molecule has 1 unspecified atom stereocenters. The lowest BCUT2D eigenvalue weighted by atomic mass is 10.1. The van der Waals surface area contributed by atoms with Crippen LogP contribution in [0.3, 0.4) is 0 Å². The predicted molar refractivity (Wildman–Crippen MR) is 126 cm³/mol. The third-order valence-electron chi connectivity index (χ3n) is 5.55. The number of hydrogen-bond acceptors (Lipinski definition) is 4. The molecule has 6 heteroatoms. The number of aromatic nitrogens is 4. The second-order valence-electron chi connectivity index (χ2n) is 7.74. The van der Waals surface area contributed by atoms with Crippen molar-refractivity contribution in [3.8, 4) is 5.69 Å². The van der Waals surface area contributed by atoms with Crippen molar-refractivity contribution in [2.24, 2.45) is 0 Å². The maximum Gasteiger partial charge on any atom is 0.267 e. The molecule has 0 saturated heterocycles. The van der Waals surface area contributed by atoms with E-state index in [0.717, 1.165) is 27.5 Å². The third kappa shape index (κ3) is 3.33. The number of aryl methyl sites for hydroxylation is 2. The van der Waals surface area contributed by atoms with E-state index in [2.05, 4.69) is 35.3 Å². The summed E-state index contributed by atoms with van der Waals surface area (Å²) in [5.74, 6) is 0.528. The maximum absolute atomic E-state index is 13.5. The minimum atomic E-state index is -0.0862. The van der Waals surface area contributed by atoms with Crippen molar-refractivity contribution in [1.29, 1.82) is 0 Å². The van der Waals surface area contributed by atoms with E-state index in [4.69, 9.17) is 0 Å². The van der Waals surface area contributed by atoms with Crippen LogP contribution in [0.25, 0.3) is 22.4 Å². The van der Waals surface area contributed by atoms with Gasteiger partial charge in [0.1, 0.15) is 0 Å². The molecule has 0 saturated carbocycles. The van der Waals surface area contributed by atoms with Gasteiger partial charge in [0, 0.05) is 5.25 Å². The SMILES string of the molecule is Cc1ccc(C)c(-n2c(=O)c3ccccc3n3c(SC(C)c4ccccc4)nnc23)c1. The van der Waals surface area contributed by atoms with Gasteiger partial charge in [-0.15, -0.1) is 10.2 Å². The summed E-state index contributed by atoms with van der Waals surface area (Å²) in [4.78, 5) is 13.5. The lowest BCUT2D eigenvalue weighted by Crippen LogP contribution is -2.22. The number of thioether (sulfide) groups is 1. The van der Waals surface area contributed by atoms with E-state index in [0.29, 0.717) is 11.2 Å². The largest absolute Gasteiger partial charge is 0.268 e. The van der Waals surface area contributed by atoms with Crippen molar-refractivity contribution >= 4 is 28.4 Å². The van der Waals surface area contributed by atoms with E-state index in [1.165, 1.54) is 5.56 Å². The summed E-state index contributed by atoms with van der Waals surface area (Å²) < 4.78 is 3.69. The minimum Gasteiger partial charge on any atom is -0.268 e. The Morgan fingerprint density at radius 2 is 1.65 bits per heavy atom. The predicted octanol–water partition coefficient (Wildman–Crippen LogP) is 5.50. The lowest BCUT2D eigenvalue weighted by molar-refractivity contribution is 0.919. The molecule has 5 nitrogen and oxygen atoms in total. The highest BCUT2D eigenvalue weighted by Crippen LogP contribution is 2.35. The van der Waals surface area contributed by atoms with Crippen molar-refractivity contribution in [1.82, 2.24) is 19.2 Å². The van der Waals surface area contributed by atoms with E-state index < -0.39 is 0 Å². The smallest absolute Gasteiger partial charge is 0.267 e. The molecule has 0 spiro atoms. The summed E-state index contributed by atoms with van der Waals surface area (Å²) in [6.45, 7) is 6.19. The number of nitrogens with zero attached hydrogens (tertiary/aromatic N) is 4. The van der Waals surface area contributed by atoms with Gasteiger partial charge < -0.3 is 0 Å². The van der Waals surface area contributed by atoms with E-state index in [9.17, 15) is 4.79 Å². The highest BCUT2D eigenvalue weighted by atomic mass is 32.2. The first-order chi connectivity index (χ1) is 15.0. The van der Waals surface area contributed by atoms with Gasteiger partial charge >= 0.3 is 0 Å². The minimum absolute atomic E-state index is 0.0862. The van der Waals surface area contributed by atoms with Gasteiger partial charge in [0.15, 0.2) is 5.16 Å². The van der Waals surface area contributed by atoms with E-state index >= 15 is 0 Å². The summed E-state index contributed by atoms with van der Waals surface area (Å²) in [6, 6.07) is 24.1. The van der Waals surface area contributed by atoms with E-state index in [1.807, 2.05) is 72.8 Å². The Hall–Kier alpha value is -3.38. The van der Waals surface area contributed by atoms with Crippen LogP contribution in [0.2, 0.25) is 0 Å². The van der Waals surface area contributed by atoms with Gasteiger partial charge in [0.2, 0.25) is 5.78 Å². The topological polar surface area (TPSA) is 52.2 Å². The molecule has 5 rings (SSSR count). The van der Waals surface area contributed by atoms with Gasteiger partial charge in [0.25, 0.3) is 5.56 Å². The molecule has 5 aromatic rings. The molecule has 0 aliphatic rings. The molecule has 0 amide bonds. The third-order valence-corrected chi connectivity index (χ3v) is 6.65. The van der Waals surface area contributed by atoms with Crippen LogP contribution in [0.5, 0.6) is 0 Å². The number of hydrogen-bond donors (Lipinski definition) is 0. The van der Waals surface area contributed by atoms with E-state index in [1.54, 1.807) is 16.3 Å². The zero-order chi connectivity index (χ0) is 21.5. The Balaban J connectivity index is 1.79. The first kappa shape index (κ1) is 19.6. The molecular weight excluding hydrogens is 404 g/mol. The highest BCUT2D eigenvalue weighted by Gasteiger charge is 2.20. The first-order valence-corrected chi connectivity index (χ1v) is 11.1. The normalized spacial score (nSPS) is 12.5. The molecule has 0 bridgehead atoms. The monoisotopic (exact) mass is 426 g/mol. The molecule has 0 N–H and O–H groups in total. The fraction of sp³-hybridized carbons (Fsp3) is 0.160. The number of benzene rings is 3. The van der Waals surface area contributed by atoms with Gasteiger partial charge in [-0.2, -0.15) is 0 Å². The van der Waals surface area contributed by atoms with Crippen LogP contribution in [-0.2, 0) is 0 Å². The number of fused-ring (bicyclic) bond motifs is 3. The van der Waals surface area contributed by atoms with Crippen LogP contribution in [0.15, 0.2) is 82.7 Å². The van der Waals surface area contributed by atoms with Gasteiger partial charge in [-0.3, -0.25) is 9.20 Å². The van der Waals surface area contributed by atoms with Crippen LogP contribution in [0.1, 0.15) is 28.9 Å². The Morgan fingerprint density at radius 1 is 0.903 bits per heavy atom. The Morgan fingerprint density at radius 3 is 2.45 bits per heavy atom. The zero-order valence-corrected chi connectivity index (χ0v) is 18.4. The van der Waals surface area contributed by atoms with Crippen LogP contribution < -0.4 is 5.56 Å². The van der Waals surface area contributed by atoms with Gasteiger partial charge in [-0.1, -0.05) is 66.4 Å². The molecule has 154 valence electrons. The molecule has 2 heterocycles. The Kier molecular flexibility index (Phi) is 4.87. The van der Waals surface area contributed by atoms with Crippen molar-refractivity contribution in [2.75, 3.05) is 0 Å². The average molecular weight is 427 g/mol. The lowest BCUT2D eigenvalue weighted by Gasteiger charge is -2.15. The van der Waals surface area contributed by atoms with Crippen LogP contribution >= 0.6 is 11.8 Å². The second kappa shape index (κ2) is 7.71. The first-order valence-electron chi connectivity index (χ1n) is 10.2. The van der Waals surface area contributed by atoms with Crippen LogP contribution in [-0.4, -0.2) is 19.2 Å². The molecule has 3 aromatic carbocycles. The fourth-order valence-electron chi connectivity index (χ4n) is 3.88. The highest BCUT2D eigenvalue weighted by molar-refractivity contribution is 7.99. The van der Waals surface area contributed by atoms with Crippen molar-refractivity contribution in [2.45, 2.75) is 31.2 Å². The summed E-state index contributed by atoms with van der Waals surface area (Å²) >= 11 is 1.64. The van der Waals surface area contributed by atoms with Gasteiger partial charge in [-0.25, -0.2) is 4.57 Å². The summed E-state index contributed by atoms with van der Waals surface area (Å²) in [6.07, 6.45) is 0. The number of rotatable bonds is 4. The zero-order valence-electron chi connectivity index (χ0n) is 17.6. The maximum atomic E-state index is 13.5. The number of para-hydroxylation sites is 1. The molecule has 0 fully saturated rings. The molecule has 1 atom stereocenters. The molecule has 0 radical (unpaired) electrons. The van der Waals surface area contributed by atoms with Crippen LogP contribution in [0.4, 0.5) is 0 Å². The van der Waals surface area contributed by atoms with Crippen molar-refractivity contribution < 1.29 is 0 Å². The summed E-state index contributed by atoms with van der Waals surface area (Å²) in [5.41, 5.74) is 4.89. The Labute approximate surface area is 184 Å². The van der Waals surface area contributed by atoms with Gasteiger partial charge in [-0.05, 0) is 55.7 Å². The molecule has 0 aliphatic carbocycles. The molecule has 2 aromatic heterocycles. The molecular formula is C25H22N4OS. The molecule has 31 heavy (non-hydrogen) atoms. The van der Waals surface area contributed by atoms with Gasteiger partial charge in [0.05, 0.1) is 16.6 Å². The van der Waals surface area contributed by atoms with E-state index in [-0.39, 0.29) is 10.8 Å². The molecule has 0 aliphatic heterocycles. The van der Waals surface area contributed by atoms with Crippen molar-refractivity contribution in [3.05, 3.63) is 99.8 Å². The quantitative estimate of drug-likeness (QED) is 0.356. The van der Waals surface area contributed by atoms with Crippen molar-refractivity contribution in [3.63, 3.8) is 0 Å². The standard InChI is InChI=1S/C25H22N4OS/c1-16-13-14-17(2)22(15-16)28-23(30)20-11-7-8-12-21(20)29-24(28)26-27-25(29)31-18(3)19-9-5-4-6-10-19/h4-15,18H,1-3H3. The average Bonchev–Trinajstić information content (AvgIpc) is 3.20. The summed E-state index contributed by atoms with van der Waals surface area (Å²) in [5, 5.41) is 10.6.